The first kappa shape index (κ1) is 14.0. The summed E-state index contributed by atoms with van der Waals surface area (Å²) in [6.45, 7) is 0. The predicted octanol–water partition coefficient (Wildman–Crippen LogP) is 3.56. The number of fused-ring (bicyclic) bond motifs is 1. The van der Waals surface area contributed by atoms with E-state index in [9.17, 15) is 9.18 Å². The molecule has 0 unspecified atom stereocenters. The van der Waals surface area contributed by atoms with Crippen LogP contribution in [0.15, 0.2) is 18.5 Å². The van der Waals surface area contributed by atoms with E-state index in [4.69, 9.17) is 5.73 Å². The Labute approximate surface area is 123 Å². The standard InChI is InChI=1S/C16H20FN3O/c17-13-9-19-10-15-12(13)8-14(16(18)21)20(15)11-6-4-2-1-3-5-7-11/h8-11H,1-7H2,(H2,18,21). The van der Waals surface area contributed by atoms with Gasteiger partial charge in [-0.3, -0.25) is 9.78 Å². The van der Waals surface area contributed by atoms with Gasteiger partial charge in [-0.25, -0.2) is 4.39 Å². The number of hydrogen-bond donors (Lipinski definition) is 1. The Morgan fingerprint density at radius 2 is 1.86 bits per heavy atom. The Kier molecular flexibility index (Phi) is 3.90. The smallest absolute Gasteiger partial charge is 0.265 e. The van der Waals surface area contributed by atoms with Gasteiger partial charge in [-0.15, -0.1) is 0 Å². The first-order chi connectivity index (χ1) is 10.2. The summed E-state index contributed by atoms with van der Waals surface area (Å²) in [7, 11) is 0. The van der Waals surface area contributed by atoms with E-state index in [1.807, 2.05) is 4.57 Å². The number of nitrogens with zero attached hydrogens (tertiary/aromatic N) is 2. The minimum absolute atomic E-state index is 0.203. The van der Waals surface area contributed by atoms with E-state index in [-0.39, 0.29) is 6.04 Å². The van der Waals surface area contributed by atoms with Crippen molar-refractivity contribution in [2.75, 3.05) is 0 Å². The zero-order chi connectivity index (χ0) is 14.8. The van der Waals surface area contributed by atoms with E-state index < -0.39 is 11.7 Å². The molecule has 0 aromatic carbocycles. The van der Waals surface area contributed by atoms with Gasteiger partial charge in [0, 0.05) is 11.4 Å². The van der Waals surface area contributed by atoms with Crippen LogP contribution in [0.1, 0.15) is 61.5 Å². The molecule has 21 heavy (non-hydrogen) atoms. The fraction of sp³-hybridized carbons (Fsp3) is 0.500. The Morgan fingerprint density at radius 3 is 2.52 bits per heavy atom. The van der Waals surface area contributed by atoms with Gasteiger partial charge in [-0.1, -0.05) is 32.1 Å². The van der Waals surface area contributed by atoms with Crippen LogP contribution in [0.5, 0.6) is 0 Å². The quantitative estimate of drug-likeness (QED) is 0.918. The number of nitrogens with two attached hydrogens (primary N) is 1. The molecule has 3 rings (SSSR count). The zero-order valence-corrected chi connectivity index (χ0v) is 12.0. The van der Waals surface area contributed by atoms with Crippen LogP contribution >= 0.6 is 0 Å². The van der Waals surface area contributed by atoms with Crippen LogP contribution in [0.4, 0.5) is 4.39 Å². The molecule has 0 atom stereocenters. The summed E-state index contributed by atoms with van der Waals surface area (Å²) in [6.07, 6.45) is 10.8. The molecule has 0 aliphatic heterocycles. The van der Waals surface area contributed by atoms with Gasteiger partial charge in [0.2, 0.25) is 0 Å². The first-order valence-electron chi connectivity index (χ1n) is 7.62. The Hall–Kier alpha value is -1.91. The molecule has 112 valence electrons. The highest BCUT2D eigenvalue weighted by atomic mass is 19.1. The lowest BCUT2D eigenvalue weighted by Crippen LogP contribution is -2.21. The molecule has 1 fully saturated rings. The van der Waals surface area contributed by atoms with E-state index >= 15 is 0 Å². The van der Waals surface area contributed by atoms with Crippen LogP contribution in [-0.2, 0) is 0 Å². The SMILES string of the molecule is NC(=O)c1cc2c(F)cncc2n1C1CCCCCCC1. The summed E-state index contributed by atoms with van der Waals surface area (Å²) in [5.41, 5.74) is 6.57. The monoisotopic (exact) mass is 289 g/mol. The molecule has 0 spiro atoms. The number of primary amides is 1. The molecule has 1 aliphatic carbocycles. The lowest BCUT2D eigenvalue weighted by atomic mass is 9.96. The molecule has 1 aliphatic rings. The summed E-state index contributed by atoms with van der Waals surface area (Å²) in [5, 5.41) is 0.431. The van der Waals surface area contributed by atoms with Gasteiger partial charge < -0.3 is 10.3 Å². The topological polar surface area (TPSA) is 60.9 Å². The van der Waals surface area contributed by atoms with Crippen molar-refractivity contribution in [2.24, 2.45) is 5.73 Å². The van der Waals surface area contributed by atoms with E-state index in [0.717, 1.165) is 25.7 Å². The molecule has 0 bridgehead atoms. The van der Waals surface area contributed by atoms with E-state index in [0.29, 0.717) is 16.6 Å². The normalized spacial score (nSPS) is 17.6. The average molecular weight is 289 g/mol. The Bertz CT molecular complexity index is 657. The van der Waals surface area contributed by atoms with Gasteiger partial charge in [0.25, 0.3) is 5.91 Å². The van der Waals surface area contributed by atoms with Crippen molar-refractivity contribution < 1.29 is 9.18 Å². The number of hydrogen-bond acceptors (Lipinski definition) is 2. The van der Waals surface area contributed by atoms with Gasteiger partial charge in [0.1, 0.15) is 5.69 Å². The lowest BCUT2D eigenvalue weighted by Gasteiger charge is -2.24. The van der Waals surface area contributed by atoms with Crippen molar-refractivity contribution in [1.82, 2.24) is 9.55 Å². The van der Waals surface area contributed by atoms with Crippen molar-refractivity contribution >= 4 is 16.8 Å². The zero-order valence-electron chi connectivity index (χ0n) is 12.0. The van der Waals surface area contributed by atoms with Crippen LogP contribution in [0.3, 0.4) is 0 Å². The second-order valence-electron chi connectivity index (χ2n) is 5.82. The highest BCUT2D eigenvalue weighted by molar-refractivity contribution is 5.97. The van der Waals surface area contributed by atoms with Crippen molar-refractivity contribution in [3.8, 4) is 0 Å². The van der Waals surface area contributed by atoms with Gasteiger partial charge in [-0.2, -0.15) is 0 Å². The number of carbonyl (C=O) groups excluding carboxylic acids is 1. The summed E-state index contributed by atoms with van der Waals surface area (Å²) >= 11 is 0. The van der Waals surface area contributed by atoms with Crippen molar-refractivity contribution in [1.29, 1.82) is 0 Å². The summed E-state index contributed by atoms with van der Waals surface area (Å²) < 4.78 is 15.8. The summed E-state index contributed by atoms with van der Waals surface area (Å²) in [6, 6.07) is 1.77. The largest absolute Gasteiger partial charge is 0.364 e. The Balaban J connectivity index is 2.12. The maximum atomic E-state index is 13.9. The molecule has 2 heterocycles. The highest BCUT2D eigenvalue weighted by Gasteiger charge is 2.22. The minimum Gasteiger partial charge on any atom is -0.364 e. The van der Waals surface area contributed by atoms with Crippen molar-refractivity contribution in [3.63, 3.8) is 0 Å². The third kappa shape index (κ3) is 2.64. The molecule has 4 nitrogen and oxygen atoms in total. The van der Waals surface area contributed by atoms with E-state index in [1.165, 1.54) is 25.5 Å². The van der Waals surface area contributed by atoms with Gasteiger partial charge in [0.05, 0.1) is 17.9 Å². The number of amides is 1. The third-order valence-corrected chi connectivity index (χ3v) is 4.41. The summed E-state index contributed by atoms with van der Waals surface area (Å²) in [5.74, 6) is -0.910. The number of aromatic nitrogens is 2. The van der Waals surface area contributed by atoms with Crippen LogP contribution in [0.25, 0.3) is 10.9 Å². The van der Waals surface area contributed by atoms with Gasteiger partial charge in [-0.05, 0) is 18.9 Å². The highest BCUT2D eigenvalue weighted by Crippen LogP contribution is 2.32. The number of pyridine rings is 1. The fourth-order valence-electron chi connectivity index (χ4n) is 3.38. The van der Waals surface area contributed by atoms with Gasteiger partial charge >= 0.3 is 0 Å². The molecule has 2 aromatic heterocycles. The fourth-order valence-corrected chi connectivity index (χ4v) is 3.38. The predicted molar refractivity (Wildman–Crippen MR) is 79.6 cm³/mol. The maximum Gasteiger partial charge on any atom is 0.265 e. The van der Waals surface area contributed by atoms with Crippen LogP contribution < -0.4 is 5.73 Å². The molecule has 1 amide bonds. The Morgan fingerprint density at radius 1 is 1.19 bits per heavy atom. The van der Waals surface area contributed by atoms with Crippen LogP contribution in [0.2, 0.25) is 0 Å². The average Bonchev–Trinajstić information content (AvgIpc) is 2.80. The van der Waals surface area contributed by atoms with E-state index in [1.54, 1.807) is 12.3 Å². The molecule has 0 saturated heterocycles. The van der Waals surface area contributed by atoms with Crippen LogP contribution in [-0.4, -0.2) is 15.5 Å². The van der Waals surface area contributed by atoms with Gasteiger partial charge in [0.15, 0.2) is 5.82 Å². The second-order valence-corrected chi connectivity index (χ2v) is 5.82. The molecule has 1 saturated carbocycles. The first-order valence-corrected chi connectivity index (χ1v) is 7.62. The molecule has 2 aromatic rings. The molecule has 0 radical (unpaired) electrons. The number of carbonyl (C=O) groups is 1. The third-order valence-electron chi connectivity index (χ3n) is 4.41. The number of halogens is 1. The molecule has 2 N–H and O–H groups in total. The van der Waals surface area contributed by atoms with Crippen molar-refractivity contribution in [2.45, 2.75) is 51.0 Å². The number of rotatable bonds is 2. The molecular weight excluding hydrogens is 269 g/mol. The molecule has 5 heteroatoms. The van der Waals surface area contributed by atoms with Crippen molar-refractivity contribution in [3.05, 3.63) is 30.0 Å². The maximum absolute atomic E-state index is 13.9. The lowest BCUT2D eigenvalue weighted by molar-refractivity contribution is 0.0989. The minimum atomic E-state index is -0.507. The van der Waals surface area contributed by atoms with Crippen LogP contribution in [0, 0.1) is 5.82 Å². The molecular formula is C16H20FN3O. The second kappa shape index (κ2) is 5.84. The van der Waals surface area contributed by atoms with E-state index in [2.05, 4.69) is 4.98 Å². The summed E-state index contributed by atoms with van der Waals surface area (Å²) in [4.78, 5) is 15.7.